The minimum atomic E-state index is 0.274. The van der Waals surface area contributed by atoms with Gasteiger partial charge in [0.1, 0.15) is 0 Å². The third kappa shape index (κ3) is 1.23. The lowest BCUT2D eigenvalue weighted by atomic mass is 9.93. The zero-order valence-corrected chi connectivity index (χ0v) is 9.93. The van der Waals surface area contributed by atoms with Crippen molar-refractivity contribution in [2.75, 3.05) is 6.54 Å². The summed E-state index contributed by atoms with van der Waals surface area (Å²) in [6.07, 6.45) is 2.48. The molecule has 1 aromatic heterocycles. The molecule has 0 aliphatic heterocycles. The summed E-state index contributed by atoms with van der Waals surface area (Å²) in [4.78, 5) is 3.48. The van der Waals surface area contributed by atoms with E-state index in [1.54, 1.807) is 0 Å². The van der Waals surface area contributed by atoms with Crippen molar-refractivity contribution in [2.24, 2.45) is 5.73 Å². The number of nitrogens with two attached hydrogens (primary N) is 1. The minimum absolute atomic E-state index is 0.274. The third-order valence-corrected chi connectivity index (χ3v) is 3.92. The maximum absolute atomic E-state index is 5.94. The topological polar surface area (TPSA) is 41.8 Å². The second kappa shape index (κ2) is 3.11. The fourth-order valence-corrected chi connectivity index (χ4v) is 2.83. The molecule has 1 aromatic carbocycles. The van der Waals surface area contributed by atoms with Crippen LogP contribution in [0.25, 0.3) is 10.9 Å². The summed E-state index contributed by atoms with van der Waals surface area (Å²) in [5.41, 5.74) is 11.5. The Labute approximate surface area is 95.8 Å². The van der Waals surface area contributed by atoms with Crippen LogP contribution in [0.4, 0.5) is 0 Å². The number of H-pyrrole nitrogens is 1. The molecule has 1 heterocycles. The zero-order valence-electron chi connectivity index (χ0n) is 9.93. The number of fused-ring (bicyclic) bond motifs is 1. The molecule has 0 unspecified atom stereocenters. The first-order valence-corrected chi connectivity index (χ1v) is 5.96. The summed E-state index contributed by atoms with van der Waals surface area (Å²) in [6, 6.07) is 6.61. The molecular formula is C14H18N2. The molecule has 1 aliphatic carbocycles. The van der Waals surface area contributed by atoms with E-state index < -0.39 is 0 Å². The van der Waals surface area contributed by atoms with Crippen molar-refractivity contribution in [3.63, 3.8) is 0 Å². The maximum atomic E-state index is 5.94. The van der Waals surface area contributed by atoms with Crippen LogP contribution >= 0.6 is 0 Å². The zero-order chi connectivity index (χ0) is 11.3. The molecule has 0 spiro atoms. The van der Waals surface area contributed by atoms with Gasteiger partial charge in [-0.15, -0.1) is 0 Å². The summed E-state index contributed by atoms with van der Waals surface area (Å²) in [5, 5.41) is 1.38. The highest BCUT2D eigenvalue weighted by atomic mass is 14.8. The third-order valence-electron chi connectivity index (χ3n) is 3.92. The molecule has 0 atom stereocenters. The smallest absolute Gasteiger partial charge is 0.0459 e. The fraction of sp³-hybridized carbons (Fsp3) is 0.429. The number of benzene rings is 1. The predicted octanol–water partition coefficient (Wildman–Crippen LogP) is 2.78. The SMILES string of the molecule is Cc1ccc2[nH]c(C)c(C3(CN)CC3)c2c1. The Hall–Kier alpha value is -1.28. The molecule has 84 valence electrons. The van der Waals surface area contributed by atoms with Gasteiger partial charge in [-0.2, -0.15) is 0 Å². The molecule has 0 amide bonds. The summed E-state index contributed by atoms with van der Waals surface area (Å²) < 4.78 is 0. The van der Waals surface area contributed by atoms with Crippen molar-refractivity contribution in [2.45, 2.75) is 32.1 Å². The Kier molecular flexibility index (Phi) is 1.93. The first-order valence-electron chi connectivity index (χ1n) is 5.96. The average Bonchev–Trinajstić information content (AvgIpc) is 2.97. The van der Waals surface area contributed by atoms with Crippen LogP contribution < -0.4 is 5.73 Å². The Morgan fingerprint density at radius 2 is 2.06 bits per heavy atom. The molecule has 3 rings (SSSR count). The molecule has 0 radical (unpaired) electrons. The summed E-state index contributed by atoms with van der Waals surface area (Å²) in [5.74, 6) is 0. The minimum Gasteiger partial charge on any atom is -0.358 e. The fourth-order valence-electron chi connectivity index (χ4n) is 2.83. The van der Waals surface area contributed by atoms with Gasteiger partial charge in [0.2, 0.25) is 0 Å². The van der Waals surface area contributed by atoms with E-state index in [1.165, 1.54) is 40.6 Å². The quantitative estimate of drug-likeness (QED) is 0.793. The number of hydrogen-bond donors (Lipinski definition) is 2. The molecule has 0 saturated heterocycles. The molecule has 2 heteroatoms. The number of aromatic amines is 1. The molecule has 0 bridgehead atoms. The van der Waals surface area contributed by atoms with Crippen LogP contribution in [0.15, 0.2) is 18.2 Å². The van der Waals surface area contributed by atoms with Crippen LogP contribution in [0.5, 0.6) is 0 Å². The van der Waals surface area contributed by atoms with Crippen molar-refractivity contribution in [3.05, 3.63) is 35.0 Å². The van der Waals surface area contributed by atoms with E-state index in [-0.39, 0.29) is 5.41 Å². The van der Waals surface area contributed by atoms with Crippen LogP contribution in [0.3, 0.4) is 0 Å². The molecule has 1 saturated carbocycles. The molecule has 1 aliphatic rings. The van der Waals surface area contributed by atoms with Crippen LogP contribution in [0.2, 0.25) is 0 Å². The molecule has 2 aromatic rings. The van der Waals surface area contributed by atoms with Gasteiger partial charge in [-0.05, 0) is 44.4 Å². The van der Waals surface area contributed by atoms with Gasteiger partial charge in [0.15, 0.2) is 0 Å². The lowest BCUT2D eigenvalue weighted by Gasteiger charge is -2.13. The van der Waals surface area contributed by atoms with Gasteiger partial charge in [-0.25, -0.2) is 0 Å². The molecule has 2 nitrogen and oxygen atoms in total. The van der Waals surface area contributed by atoms with Crippen LogP contribution in [0.1, 0.15) is 29.7 Å². The van der Waals surface area contributed by atoms with Gasteiger partial charge in [0.05, 0.1) is 0 Å². The van der Waals surface area contributed by atoms with Crippen molar-refractivity contribution < 1.29 is 0 Å². The summed E-state index contributed by atoms with van der Waals surface area (Å²) in [7, 11) is 0. The van der Waals surface area contributed by atoms with E-state index in [4.69, 9.17) is 5.73 Å². The van der Waals surface area contributed by atoms with Gasteiger partial charge >= 0.3 is 0 Å². The normalized spacial score (nSPS) is 17.9. The average molecular weight is 214 g/mol. The van der Waals surface area contributed by atoms with E-state index in [0.717, 1.165) is 6.54 Å². The van der Waals surface area contributed by atoms with E-state index in [1.807, 2.05) is 0 Å². The molecule has 16 heavy (non-hydrogen) atoms. The van der Waals surface area contributed by atoms with Crippen molar-refractivity contribution in [3.8, 4) is 0 Å². The first-order chi connectivity index (χ1) is 7.66. The Morgan fingerprint density at radius 1 is 1.31 bits per heavy atom. The Bertz CT molecular complexity index is 547. The second-order valence-electron chi connectivity index (χ2n) is 5.16. The van der Waals surface area contributed by atoms with E-state index in [9.17, 15) is 0 Å². The standard InChI is InChI=1S/C14H18N2/c1-9-3-4-12-11(7-9)13(10(2)16-12)14(8-15)5-6-14/h3-4,7,16H,5-6,8,15H2,1-2H3. The largest absolute Gasteiger partial charge is 0.358 e. The highest BCUT2D eigenvalue weighted by molar-refractivity contribution is 5.87. The van der Waals surface area contributed by atoms with E-state index >= 15 is 0 Å². The monoisotopic (exact) mass is 214 g/mol. The predicted molar refractivity (Wildman–Crippen MR) is 67.7 cm³/mol. The Balaban J connectivity index is 2.30. The second-order valence-corrected chi connectivity index (χ2v) is 5.16. The van der Waals surface area contributed by atoms with Gasteiger partial charge in [-0.3, -0.25) is 0 Å². The van der Waals surface area contributed by atoms with E-state index in [0.29, 0.717) is 0 Å². The lowest BCUT2D eigenvalue weighted by Crippen LogP contribution is -2.20. The van der Waals surface area contributed by atoms with Gasteiger partial charge in [0.25, 0.3) is 0 Å². The number of hydrogen-bond acceptors (Lipinski definition) is 1. The number of nitrogens with one attached hydrogen (secondary N) is 1. The van der Waals surface area contributed by atoms with Gasteiger partial charge in [0, 0.05) is 28.6 Å². The Morgan fingerprint density at radius 3 is 2.69 bits per heavy atom. The van der Waals surface area contributed by atoms with Crippen LogP contribution in [-0.2, 0) is 5.41 Å². The highest BCUT2D eigenvalue weighted by Gasteiger charge is 2.45. The number of rotatable bonds is 2. The number of aromatic nitrogens is 1. The van der Waals surface area contributed by atoms with Crippen molar-refractivity contribution >= 4 is 10.9 Å². The summed E-state index contributed by atoms with van der Waals surface area (Å²) in [6.45, 7) is 5.09. The number of aryl methyl sites for hydroxylation is 2. The van der Waals surface area contributed by atoms with Crippen LogP contribution in [-0.4, -0.2) is 11.5 Å². The van der Waals surface area contributed by atoms with Gasteiger partial charge < -0.3 is 10.7 Å². The lowest BCUT2D eigenvalue weighted by molar-refractivity contribution is 0.705. The first kappa shape index (κ1) is 9.91. The maximum Gasteiger partial charge on any atom is 0.0459 e. The van der Waals surface area contributed by atoms with Crippen molar-refractivity contribution in [1.29, 1.82) is 0 Å². The van der Waals surface area contributed by atoms with Crippen LogP contribution in [0, 0.1) is 13.8 Å². The van der Waals surface area contributed by atoms with E-state index in [2.05, 4.69) is 37.0 Å². The van der Waals surface area contributed by atoms with Crippen molar-refractivity contribution in [1.82, 2.24) is 4.98 Å². The van der Waals surface area contributed by atoms with Gasteiger partial charge in [-0.1, -0.05) is 11.6 Å². The molecule has 1 fully saturated rings. The molecule has 3 N–H and O–H groups in total. The highest BCUT2D eigenvalue weighted by Crippen LogP contribution is 2.50. The molecular weight excluding hydrogens is 196 g/mol. The summed E-state index contributed by atoms with van der Waals surface area (Å²) >= 11 is 0.